The Kier molecular flexibility index (Phi) is 11.6. The van der Waals surface area contributed by atoms with Crippen molar-refractivity contribution in [3.05, 3.63) is 72.4 Å². The van der Waals surface area contributed by atoms with Gasteiger partial charge in [0, 0.05) is 31.6 Å². The van der Waals surface area contributed by atoms with E-state index in [0.717, 1.165) is 16.5 Å². The third-order valence-corrected chi connectivity index (χ3v) is 6.86. The molecule has 0 aliphatic heterocycles. The third kappa shape index (κ3) is 8.32. The minimum atomic E-state index is -1.17. The van der Waals surface area contributed by atoms with Gasteiger partial charge in [-0.2, -0.15) is 0 Å². The lowest BCUT2D eigenvalue weighted by Crippen LogP contribution is -2.57. The second-order valence-electron chi connectivity index (χ2n) is 10.2. The molecular weight excluding hydrogens is 506 g/mol. The van der Waals surface area contributed by atoms with E-state index in [2.05, 4.69) is 15.6 Å². The Balaban J connectivity index is 1.79. The number of aryl methyl sites for hydroxylation is 1. The van der Waals surface area contributed by atoms with E-state index in [1.165, 1.54) is 0 Å². The predicted octanol–water partition coefficient (Wildman–Crippen LogP) is 1.64. The normalized spacial score (nSPS) is 13.4. The van der Waals surface area contributed by atoms with Crippen LogP contribution in [-0.4, -0.2) is 65.9 Å². The molecule has 214 valence electrons. The highest BCUT2D eigenvalue weighted by Crippen LogP contribution is 2.20. The summed E-state index contributed by atoms with van der Waals surface area (Å²) in [5, 5.41) is 6.58. The molecule has 3 rings (SSSR count). The summed E-state index contributed by atoms with van der Waals surface area (Å²) in [4.78, 5) is 46.2. The number of pyridine rings is 1. The standard InChI is InChI=1S/C30H41N7O3/c1-20(2)26(30(40)37(16-14-31)17-15-32)27(33)29(39)36-25(13-12-21-8-4-3-5-9-21)28(38)35-23-18-22-10-6-7-11-24(22)34-19-23/h3-11,18-20,25-27H,12-17,31-33H2,1-2H3,(H,35,38)(H,36,39)/t25-,26+,27-/m0/s1. The van der Waals surface area contributed by atoms with Crippen molar-refractivity contribution in [2.45, 2.75) is 38.8 Å². The molecule has 0 bridgehead atoms. The van der Waals surface area contributed by atoms with Gasteiger partial charge in [0.25, 0.3) is 0 Å². The van der Waals surface area contributed by atoms with E-state index in [0.29, 0.717) is 31.6 Å². The fourth-order valence-corrected chi connectivity index (χ4v) is 4.73. The van der Waals surface area contributed by atoms with Crippen LogP contribution in [0.3, 0.4) is 0 Å². The molecule has 3 amide bonds. The third-order valence-electron chi connectivity index (χ3n) is 6.86. The molecule has 0 fully saturated rings. The molecule has 8 N–H and O–H groups in total. The van der Waals surface area contributed by atoms with Gasteiger partial charge in [0.1, 0.15) is 6.04 Å². The second kappa shape index (κ2) is 15.1. The lowest BCUT2D eigenvalue weighted by atomic mass is 9.86. The van der Waals surface area contributed by atoms with E-state index in [4.69, 9.17) is 17.2 Å². The highest BCUT2D eigenvalue weighted by Gasteiger charge is 2.37. The summed E-state index contributed by atoms with van der Waals surface area (Å²) in [5.74, 6) is -2.28. The first kappa shape index (κ1) is 30.7. The van der Waals surface area contributed by atoms with Gasteiger partial charge in [-0.25, -0.2) is 0 Å². The number of hydrogen-bond donors (Lipinski definition) is 5. The lowest BCUT2D eigenvalue weighted by Gasteiger charge is -2.32. The Hall–Kier alpha value is -3.86. The van der Waals surface area contributed by atoms with Crippen LogP contribution in [-0.2, 0) is 20.8 Å². The molecule has 3 atom stereocenters. The van der Waals surface area contributed by atoms with Gasteiger partial charge in [-0.05, 0) is 36.5 Å². The van der Waals surface area contributed by atoms with Crippen LogP contribution < -0.4 is 27.8 Å². The lowest BCUT2D eigenvalue weighted by molar-refractivity contribution is -0.141. The summed E-state index contributed by atoms with van der Waals surface area (Å²) in [6.07, 6.45) is 2.47. The van der Waals surface area contributed by atoms with Crippen molar-refractivity contribution in [3.63, 3.8) is 0 Å². The predicted molar refractivity (Wildman–Crippen MR) is 158 cm³/mol. The SMILES string of the molecule is CC(C)[C@@H](C(=O)N(CCN)CCN)[C@H](N)C(=O)N[C@@H](CCc1ccccc1)C(=O)Nc1cnc2ccccc2c1. The average Bonchev–Trinajstić information content (AvgIpc) is 2.95. The maximum absolute atomic E-state index is 13.4. The van der Waals surface area contributed by atoms with E-state index in [1.54, 1.807) is 11.1 Å². The first-order valence-electron chi connectivity index (χ1n) is 13.7. The number of aromatic nitrogens is 1. The largest absolute Gasteiger partial charge is 0.343 e. The summed E-state index contributed by atoms with van der Waals surface area (Å²) < 4.78 is 0. The summed E-state index contributed by atoms with van der Waals surface area (Å²) in [6, 6.07) is 17.1. The van der Waals surface area contributed by atoms with Gasteiger partial charge in [-0.1, -0.05) is 62.4 Å². The number of rotatable bonds is 14. The summed E-state index contributed by atoms with van der Waals surface area (Å²) >= 11 is 0. The number of para-hydroxylation sites is 1. The number of fused-ring (bicyclic) bond motifs is 1. The minimum absolute atomic E-state index is 0.230. The molecule has 0 aliphatic rings. The number of nitrogens with one attached hydrogen (secondary N) is 2. The van der Waals surface area contributed by atoms with Gasteiger partial charge in [0.2, 0.25) is 17.7 Å². The number of hydrogen-bond acceptors (Lipinski definition) is 7. The molecule has 2 aromatic carbocycles. The monoisotopic (exact) mass is 547 g/mol. The highest BCUT2D eigenvalue weighted by atomic mass is 16.2. The van der Waals surface area contributed by atoms with Crippen LogP contribution in [0.25, 0.3) is 10.9 Å². The Morgan fingerprint density at radius 1 is 0.925 bits per heavy atom. The molecule has 0 aliphatic carbocycles. The Morgan fingerprint density at radius 3 is 2.23 bits per heavy atom. The van der Waals surface area contributed by atoms with E-state index < -0.39 is 29.8 Å². The number of nitrogens with zero attached hydrogens (tertiary/aromatic N) is 2. The molecule has 40 heavy (non-hydrogen) atoms. The zero-order chi connectivity index (χ0) is 29.1. The number of amides is 3. The first-order chi connectivity index (χ1) is 19.2. The smallest absolute Gasteiger partial charge is 0.247 e. The van der Waals surface area contributed by atoms with Crippen molar-refractivity contribution in [2.75, 3.05) is 31.5 Å². The molecule has 10 nitrogen and oxygen atoms in total. The van der Waals surface area contributed by atoms with Crippen LogP contribution in [0.1, 0.15) is 25.8 Å². The van der Waals surface area contributed by atoms with E-state index in [-0.39, 0.29) is 24.9 Å². The Bertz CT molecular complexity index is 1260. The van der Waals surface area contributed by atoms with Gasteiger partial charge in [0.05, 0.1) is 29.4 Å². The summed E-state index contributed by atoms with van der Waals surface area (Å²) in [7, 11) is 0. The van der Waals surface area contributed by atoms with Crippen LogP contribution in [0, 0.1) is 11.8 Å². The van der Waals surface area contributed by atoms with Crippen molar-refractivity contribution < 1.29 is 14.4 Å². The molecule has 0 unspecified atom stereocenters. The van der Waals surface area contributed by atoms with Crippen LogP contribution in [0.2, 0.25) is 0 Å². The quantitative estimate of drug-likeness (QED) is 0.204. The van der Waals surface area contributed by atoms with Gasteiger partial charge in [-0.15, -0.1) is 0 Å². The van der Waals surface area contributed by atoms with Crippen molar-refractivity contribution in [1.29, 1.82) is 0 Å². The number of benzene rings is 2. The number of carbonyl (C=O) groups is 3. The number of nitrogens with two attached hydrogens (primary N) is 3. The molecule has 0 radical (unpaired) electrons. The van der Waals surface area contributed by atoms with Crippen molar-refractivity contribution in [2.24, 2.45) is 29.0 Å². The number of anilines is 1. The van der Waals surface area contributed by atoms with Crippen LogP contribution >= 0.6 is 0 Å². The zero-order valence-corrected chi connectivity index (χ0v) is 23.3. The second-order valence-corrected chi connectivity index (χ2v) is 10.2. The van der Waals surface area contributed by atoms with Crippen LogP contribution in [0.4, 0.5) is 5.69 Å². The fourth-order valence-electron chi connectivity index (χ4n) is 4.73. The molecule has 0 spiro atoms. The molecule has 0 saturated carbocycles. The van der Waals surface area contributed by atoms with Gasteiger partial charge >= 0.3 is 0 Å². The molecule has 1 aromatic heterocycles. The first-order valence-corrected chi connectivity index (χ1v) is 13.7. The topological polar surface area (TPSA) is 169 Å². The van der Waals surface area contributed by atoms with Crippen molar-refractivity contribution >= 4 is 34.3 Å². The van der Waals surface area contributed by atoms with E-state index >= 15 is 0 Å². The molecule has 10 heteroatoms. The summed E-state index contributed by atoms with van der Waals surface area (Å²) in [5.41, 5.74) is 20.1. The fraction of sp³-hybridized carbons (Fsp3) is 0.400. The highest BCUT2D eigenvalue weighted by molar-refractivity contribution is 5.99. The maximum atomic E-state index is 13.4. The van der Waals surface area contributed by atoms with E-state index in [9.17, 15) is 14.4 Å². The average molecular weight is 548 g/mol. The number of carbonyl (C=O) groups excluding carboxylic acids is 3. The molecule has 1 heterocycles. The van der Waals surface area contributed by atoms with Crippen LogP contribution in [0.5, 0.6) is 0 Å². The maximum Gasteiger partial charge on any atom is 0.247 e. The zero-order valence-electron chi connectivity index (χ0n) is 23.3. The molecule has 0 saturated heterocycles. The Morgan fingerprint density at radius 2 is 1.57 bits per heavy atom. The van der Waals surface area contributed by atoms with Gasteiger partial charge in [-0.3, -0.25) is 19.4 Å². The Labute approximate surface area is 235 Å². The van der Waals surface area contributed by atoms with Crippen molar-refractivity contribution in [3.8, 4) is 0 Å². The summed E-state index contributed by atoms with van der Waals surface area (Å²) in [6.45, 7) is 4.84. The molecule has 3 aromatic rings. The van der Waals surface area contributed by atoms with Gasteiger partial charge in [0.15, 0.2) is 0 Å². The van der Waals surface area contributed by atoms with E-state index in [1.807, 2.05) is 74.5 Å². The minimum Gasteiger partial charge on any atom is -0.343 e. The van der Waals surface area contributed by atoms with Gasteiger partial charge < -0.3 is 32.7 Å². The van der Waals surface area contributed by atoms with Crippen molar-refractivity contribution in [1.82, 2.24) is 15.2 Å². The molecular formula is C30H41N7O3. The van der Waals surface area contributed by atoms with Crippen LogP contribution in [0.15, 0.2) is 66.9 Å².